The van der Waals surface area contributed by atoms with Crippen molar-refractivity contribution in [2.45, 2.75) is 152 Å². The van der Waals surface area contributed by atoms with Gasteiger partial charge in [-0.05, 0) is 257 Å². The van der Waals surface area contributed by atoms with Crippen LogP contribution in [0.4, 0.5) is 0 Å². The Morgan fingerprint density at radius 3 is 0.907 bits per heavy atom. The number of aryl methyl sites for hydroxylation is 12. The molecular formula is C104H108ClN5O8. The monoisotopic (exact) mass is 1590 g/mol. The zero-order chi connectivity index (χ0) is 82.0. The highest BCUT2D eigenvalue weighted by atomic mass is 35.5. The van der Waals surface area contributed by atoms with Crippen molar-refractivity contribution < 1.29 is 58.0 Å². The number of hydrogen-bond donors (Lipinski definition) is 7. The largest absolute Gasteiger partial charge is 1.00 e. The van der Waals surface area contributed by atoms with Gasteiger partial charge in [-0.2, -0.15) is 0 Å². The van der Waals surface area contributed by atoms with Crippen LogP contribution in [-0.4, -0.2) is 69.1 Å². The zero-order valence-corrected chi connectivity index (χ0v) is 68.7. The molecule has 6 aliphatic carbocycles. The lowest BCUT2D eigenvalue weighted by atomic mass is 9.81. The predicted molar refractivity (Wildman–Crippen MR) is 466 cm³/mol. The molecule has 18 rings (SSSR count). The number of fused-ring (bicyclic) bond motifs is 12. The second-order valence-electron chi connectivity index (χ2n) is 32.0. The number of rotatable bonds is 10. The summed E-state index contributed by atoms with van der Waals surface area (Å²) in [6, 6.07) is 97.4. The first kappa shape index (κ1) is 86.2. The second kappa shape index (κ2) is 39.4. The summed E-state index contributed by atoms with van der Waals surface area (Å²) in [6.07, 6.45) is 15.0. The van der Waals surface area contributed by atoms with Crippen LogP contribution in [-0.2, 0) is 109 Å². The Hall–Kier alpha value is -11.2. The first-order chi connectivity index (χ1) is 56.8. The van der Waals surface area contributed by atoms with Crippen molar-refractivity contribution in [1.29, 1.82) is 0 Å². The van der Waals surface area contributed by atoms with E-state index in [9.17, 15) is 35.1 Å². The molecule has 12 aromatic carbocycles. The number of nitrogens with zero attached hydrogens (tertiary/aromatic N) is 3. The molecule has 0 fully saturated rings. The van der Waals surface area contributed by atoms with Crippen LogP contribution >= 0.6 is 0 Å². The van der Waals surface area contributed by atoms with E-state index in [-0.39, 0.29) is 37.8 Å². The maximum atomic E-state index is 12.5. The van der Waals surface area contributed by atoms with Crippen LogP contribution in [0.5, 0.6) is 0 Å². The normalized spacial score (nSPS) is 15.1. The predicted octanol–water partition coefficient (Wildman–Crippen LogP) is 14.7. The number of quaternary nitrogens is 1. The highest BCUT2D eigenvalue weighted by Crippen LogP contribution is 2.45. The summed E-state index contributed by atoms with van der Waals surface area (Å²) in [5.41, 5.74) is 41.0. The van der Waals surface area contributed by atoms with Gasteiger partial charge in [0.2, 0.25) is 0 Å². The first-order valence-corrected chi connectivity index (χ1v) is 41.3. The third-order valence-corrected chi connectivity index (χ3v) is 23.6. The summed E-state index contributed by atoms with van der Waals surface area (Å²) in [6.45, 7) is 7.06. The van der Waals surface area contributed by atoms with E-state index in [1.165, 1.54) is 61.2 Å². The van der Waals surface area contributed by atoms with Gasteiger partial charge in [0.15, 0.2) is 5.78 Å². The second-order valence-corrected chi connectivity index (χ2v) is 32.0. The average molecular weight is 1590 g/mol. The van der Waals surface area contributed by atoms with Gasteiger partial charge in [-0.25, -0.2) is 0 Å². The zero-order valence-electron chi connectivity index (χ0n) is 67.9. The van der Waals surface area contributed by atoms with Gasteiger partial charge < -0.3 is 54.1 Å². The standard InChI is InChI=1S/C21H24O3.C17H17N3O.C17H19NO.C17H17N.C17H18O2.C15H12O.ClH/c1-20(2,3)24-19(22)14-21(23)17-10-6-4-8-15(17)12-13-16-9-5-7-11-18(16)21;18-20-19-12-11-17(21)15-7-3-1-5-13(15)9-10-14-6-2-4-8-16(14)17;18-12-11-17(19)15-7-3-1-5-13(15)9-10-14-6-2-4-8-16(14)17;18-12-11-17-15-7-3-1-5-13(15)9-10-14-6-2-4-8-16(14)17;18-12-11-17(19)15-7-3-1-5-13(15)9-10-14-6-2-4-8-16(14)17;16-15-13-7-3-1-5-11(13)9-10-12-6-2-4-8-14(12)15;/h4-11,23H,12-14H2,1-3H3;1-8,21H,9-12H2;1-8,19H,9-12,18H2;1-8,11H,9-10,12,18H2;1-8,18-19H,9-12H2;1-8H,9-10H2;1H. The van der Waals surface area contributed by atoms with Gasteiger partial charge in [0.25, 0.3) is 0 Å². The number of esters is 1. The molecule has 604 valence electrons. The van der Waals surface area contributed by atoms with Crippen LogP contribution in [0, 0.1) is 0 Å². The van der Waals surface area contributed by atoms with E-state index in [0.717, 1.165) is 161 Å². The van der Waals surface area contributed by atoms with Crippen LogP contribution in [0.25, 0.3) is 16.0 Å². The number of aliphatic hydroxyl groups is 5. The lowest BCUT2D eigenvalue weighted by Gasteiger charge is -2.31. The Bertz CT molecular complexity index is 5170. The van der Waals surface area contributed by atoms with Crippen molar-refractivity contribution in [3.63, 3.8) is 0 Å². The number of ketones is 1. The van der Waals surface area contributed by atoms with E-state index in [0.29, 0.717) is 25.8 Å². The maximum Gasteiger partial charge on any atom is 0.309 e. The molecule has 0 atom stereocenters. The van der Waals surface area contributed by atoms with Crippen LogP contribution in [0.1, 0.15) is 185 Å². The molecule has 12 aromatic rings. The SMILES string of the molecule is CC(C)(C)OC(=O)CC1(O)c2ccccc2CCc2ccccc21.NCCC1(O)c2ccccc2CCc2ccccc21.O=C1c2ccccc2CCc2ccccc21.OCCC1(O)c2ccccc2CCc2ccccc21.[Cl-].[N-]=[N+]=NCCC1(O)c2ccccc2CCc2ccccc21.[NH3+]CC=C1c2ccccc2CCc2ccccc21. The molecule has 0 saturated heterocycles. The van der Waals surface area contributed by atoms with Crippen LogP contribution < -0.4 is 23.9 Å². The van der Waals surface area contributed by atoms with Gasteiger partial charge in [0.1, 0.15) is 28.0 Å². The summed E-state index contributed by atoms with van der Waals surface area (Å²) in [5, 5.41) is 58.5. The van der Waals surface area contributed by atoms with Crippen LogP contribution in [0.2, 0.25) is 0 Å². The lowest BCUT2D eigenvalue weighted by Crippen LogP contribution is -3.00. The number of carbonyl (C=O) groups excluding carboxylic acids is 2. The van der Waals surface area contributed by atoms with Crippen molar-refractivity contribution >= 4 is 17.3 Å². The van der Waals surface area contributed by atoms with Gasteiger partial charge >= 0.3 is 5.97 Å². The van der Waals surface area contributed by atoms with Crippen LogP contribution in [0.3, 0.4) is 0 Å². The molecule has 13 nitrogen and oxygen atoms in total. The number of carbonyl (C=O) groups is 2. The summed E-state index contributed by atoms with van der Waals surface area (Å²) in [4.78, 5) is 27.6. The smallest absolute Gasteiger partial charge is 0.309 e. The minimum Gasteiger partial charge on any atom is -1.00 e. The Morgan fingerprint density at radius 2 is 0.636 bits per heavy atom. The molecule has 0 aliphatic heterocycles. The number of hydrogen-bond acceptors (Lipinski definition) is 10. The minimum absolute atomic E-state index is 0. The van der Waals surface area contributed by atoms with E-state index in [4.69, 9.17) is 16.0 Å². The number of azide groups is 1. The van der Waals surface area contributed by atoms with E-state index in [1.54, 1.807) is 0 Å². The molecular weight excluding hydrogens is 1480 g/mol. The number of aliphatic hydroxyl groups excluding tert-OH is 1. The molecule has 0 radical (unpaired) electrons. The Balaban J connectivity index is 0.000000130. The van der Waals surface area contributed by atoms with Crippen molar-refractivity contribution in [1.82, 2.24) is 0 Å². The van der Waals surface area contributed by atoms with Gasteiger partial charge in [-0.3, -0.25) is 9.59 Å². The summed E-state index contributed by atoms with van der Waals surface area (Å²) < 4.78 is 5.48. The van der Waals surface area contributed by atoms with E-state index in [2.05, 4.69) is 119 Å². The van der Waals surface area contributed by atoms with E-state index >= 15 is 0 Å². The average Bonchev–Trinajstić information content (AvgIpc) is 1.54. The fraction of sp³-hybridized carbons (Fsp3) is 0.269. The Labute approximate surface area is 700 Å². The number of halogens is 1. The summed E-state index contributed by atoms with van der Waals surface area (Å²) >= 11 is 0. The first-order valence-electron chi connectivity index (χ1n) is 41.3. The molecule has 0 amide bonds. The summed E-state index contributed by atoms with van der Waals surface area (Å²) in [7, 11) is 0. The molecule has 0 heterocycles. The molecule has 6 aliphatic rings. The third-order valence-electron chi connectivity index (χ3n) is 23.6. The Morgan fingerprint density at radius 1 is 0.398 bits per heavy atom. The fourth-order valence-electron chi connectivity index (χ4n) is 18.1. The topological polar surface area (TPSA) is 247 Å². The van der Waals surface area contributed by atoms with Crippen molar-refractivity contribution in [3.05, 3.63) is 441 Å². The van der Waals surface area contributed by atoms with E-state index in [1.807, 2.05) is 215 Å². The molecule has 14 heteroatoms. The molecule has 0 saturated carbocycles. The highest BCUT2D eigenvalue weighted by molar-refractivity contribution is 6.11. The molecule has 0 bridgehead atoms. The van der Waals surface area contributed by atoms with Crippen LogP contribution in [0.15, 0.2) is 302 Å². The maximum absolute atomic E-state index is 12.5. The van der Waals surface area contributed by atoms with Gasteiger partial charge in [0, 0.05) is 35.6 Å². The molecule has 0 spiro atoms. The van der Waals surface area contributed by atoms with Gasteiger partial charge in [-0.15, -0.1) is 0 Å². The highest BCUT2D eigenvalue weighted by Gasteiger charge is 2.42. The number of benzene rings is 12. The van der Waals surface area contributed by atoms with Crippen molar-refractivity contribution in [3.8, 4) is 0 Å². The lowest BCUT2D eigenvalue weighted by molar-refractivity contribution is -0.352. The summed E-state index contributed by atoms with van der Waals surface area (Å²) in [5.74, 6) is -0.222. The molecule has 0 aromatic heterocycles. The fourth-order valence-corrected chi connectivity index (χ4v) is 18.1. The minimum atomic E-state index is -1.36. The third kappa shape index (κ3) is 19.3. The molecule has 0 unspecified atom stereocenters. The Kier molecular flexibility index (Phi) is 28.8. The van der Waals surface area contributed by atoms with Crippen molar-refractivity contribution in [2.75, 3.05) is 26.2 Å². The number of nitrogens with two attached hydrogens (primary N) is 1. The molecule has 118 heavy (non-hydrogen) atoms. The van der Waals surface area contributed by atoms with Gasteiger partial charge in [-0.1, -0.05) is 296 Å². The number of ether oxygens (including phenoxy) is 1. The quantitative estimate of drug-likeness (QED) is 0.0297. The van der Waals surface area contributed by atoms with E-state index < -0.39 is 34.0 Å². The van der Waals surface area contributed by atoms with Gasteiger partial charge in [0.05, 0.1) is 13.0 Å². The molecule has 10 N–H and O–H groups in total. The van der Waals surface area contributed by atoms with Crippen molar-refractivity contribution in [2.24, 2.45) is 10.8 Å².